The fourth-order valence-corrected chi connectivity index (χ4v) is 4.66. The number of H-pyrrole nitrogens is 1. The van der Waals surface area contributed by atoms with Crippen LogP contribution in [-0.2, 0) is 16.1 Å². The molecule has 1 aromatic heterocycles. The molecule has 7 nitrogen and oxygen atoms in total. The minimum Gasteiger partial charge on any atom is -0.357 e. The maximum Gasteiger partial charge on any atom is 0.252 e. The van der Waals surface area contributed by atoms with Crippen LogP contribution in [-0.4, -0.2) is 73.4 Å². The number of nitrogens with zero attached hydrogens (tertiary/aromatic N) is 3. The van der Waals surface area contributed by atoms with E-state index in [1.165, 1.54) is 12.1 Å². The highest BCUT2D eigenvalue weighted by Crippen LogP contribution is 2.32. The smallest absolute Gasteiger partial charge is 0.252 e. The van der Waals surface area contributed by atoms with E-state index in [0.29, 0.717) is 24.1 Å². The highest BCUT2D eigenvalue weighted by molar-refractivity contribution is 6.25. The van der Waals surface area contributed by atoms with E-state index in [9.17, 15) is 14.0 Å². The van der Waals surface area contributed by atoms with Gasteiger partial charge in [0.25, 0.3) is 5.91 Å². The largest absolute Gasteiger partial charge is 0.357 e. The molecule has 0 atom stereocenters. The lowest BCUT2D eigenvalue weighted by atomic mass is 9.94. The summed E-state index contributed by atoms with van der Waals surface area (Å²) in [6, 6.07) is 4.50. The molecule has 176 valence electrons. The molecule has 0 aliphatic carbocycles. The van der Waals surface area contributed by atoms with Crippen LogP contribution in [0.2, 0.25) is 0 Å². The van der Waals surface area contributed by atoms with Crippen LogP contribution in [0.3, 0.4) is 0 Å². The van der Waals surface area contributed by atoms with Crippen molar-refractivity contribution < 1.29 is 14.0 Å². The SMILES string of the molecule is Cc1[nH]c(/C=C2\C(=O)NCc3ccc(F)cc32)c(C)c1N(C)C(=O)CCN1CCN(C)CC1. The molecule has 0 spiro atoms. The van der Waals surface area contributed by atoms with Crippen molar-refractivity contribution in [3.8, 4) is 0 Å². The molecule has 4 rings (SSSR count). The fourth-order valence-electron chi connectivity index (χ4n) is 4.66. The van der Waals surface area contributed by atoms with Crippen molar-refractivity contribution in [2.45, 2.75) is 26.8 Å². The lowest BCUT2D eigenvalue weighted by Gasteiger charge is -2.32. The lowest BCUT2D eigenvalue weighted by molar-refractivity contribution is -0.119. The van der Waals surface area contributed by atoms with Gasteiger partial charge in [-0.2, -0.15) is 0 Å². The number of anilines is 1. The van der Waals surface area contributed by atoms with Crippen molar-refractivity contribution in [1.82, 2.24) is 20.1 Å². The standard InChI is InChI=1S/C25H32FN5O2/c1-16-22(14-21-20-13-19(26)6-5-18(20)15-27-25(21)33)28-17(2)24(16)30(4)23(32)7-8-31-11-9-29(3)10-12-31/h5-6,13-14,28H,7-12,15H2,1-4H3,(H,27,33)/b21-14-. The third kappa shape index (κ3) is 4.86. The number of hydrogen-bond donors (Lipinski definition) is 2. The average molecular weight is 454 g/mol. The number of aromatic amines is 1. The van der Waals surface area contributed by atoms with Crippen LogP contribution < -0.4 is 10.2 Å². The van der Waals surface area contributed by atoms with Gasteiger partial charge in [-0.3, -0.25) is 9.59 Å². The van der Waals surface area contributed by atoms with E-state index in [2.05, 4.69) is 27.1 Å². The molecule has 1 fully saturated rings. The summed E-state index contributed by atoms with van der Waals surface area (Å²) >= 11 is 0. The number of aryl methyl sites for hydroxylation is 1. The van der Waals surface area contributed by atoms with Gasteiger partial charge in [-0.1, -0.05) is 6.07 Å². The van der Waals surface area contributed by atoms with Crippen molar-refractivity contribution in [2.24, 2.45) is 0 Å². The summed E-state index contributed by atoms with van der Waals surface area (Å²) in [4.78, 5) is 35.2. The molecule has 2 aliphatic rings. The first kappa shape index (κ1) is 23.2. The van der Waals surface area contributed by atoms with E-state index >= 15 is 0 Å². The summed E-state index contributed by atoms with van der Waals surface area (Å²) in [5.74, 6) is -0.556. The molecule has 0 bridgehead atoms. The highest BCUT2D eigenvalue weighted by atomic mass is 19.1. The number of amides is 2. The highest BCUT2D eigenvalue weighted by Gasteiger charge is 2.24. The zero-order chi connectivity index (χ0) is 23.7. The van der Waals surface area contributed by atoms with Crippen molar-refractivity contribution in [2.75, 3.05) is 51.7 Å². The van der Waals surface area contributed by atoms with Gasteiger partial charge in [0, 0.05) is 69.7 Å². The van der Waals surface area contributed by atoms with E-state index < -0.39 is 0 Å². The van der Waals surface area contributed by atoms with Gasteiger partial charge in [-0.05, 0) is 55.8 Å². The number of aromatic nitrogens is 1. The second-order valence-corrected chi connectivity index (χ2v) is 9.03. The molecular formula is C25H32FN5O2. The number of likely N-dealkylation sites (N-methyl/N-ethyl adjacent to an activating group) is 1. The molecule has 2 amide bonds. The Morgan fingerprint density at radius 1 is 1.21 bits per heavy atom. The molecule has 0 radical (unpaired) electrons. The topological polar surface area (TPSA) is 71.7 Å². The summed E-state index contributed by atoms with van der Waals surface area (Å²) in [5.41, 5.74) is 5.18. The molecule has 8 heteroatoms. The minimum atomic E-state index is -0.375. The van der Waals surface area contributed by atoms with Crippen LogP contribution in [0, 0.1) is 19.7 Å². The number of piperazine rings is 1. The Balaban J connectivity index is 1.54. The second-order valence-electron chi connectivity index (χ2n) is 9.03. The molecule has 2 N–H and O–H groups in total. The van der Waals surface area contributed by atoms with E-state index in [0.717, 1.165) is 60.9 Å². The number of carbonyl (C=O) groups is 2. The van der Waals surface area contributed by atoms with E-state index in [1.807, 2.05) is 13.8 Å². The number of hydrogen-bond acceptors (Lipinski definition) is 4. The maximum atomic E-state index is 13.9. The molecular weight excluding hydrogens is 421 g/mol. The zero-order valence-electron chi connectivity index (χ0n) is 19.8. The van der Waals surface area contributed by atoms with E-state index in [-0.39, 0.29) is 17.6 Å². The van der Waals surface area contributed by atoms with E-state index in [1.54, 1.807) is 24.1 Å². The third-order valence-corrected chi connectivity index (χ3v) is 6.72. The predicted molar refractivity (Wildman–Crippen MR) is 128 cm³/mol. The number of halogens is 1. The van der Waals surface area contributed by atoms with Crippen LogP contribution in [0.15, 0.2) is 18.2 Å². The van der Waals surface area contributed by atoms with E-state index in [4.69, 9.17) is 0 Å². The predicted octanol–water partition coefficient (Wildman–Crippen LogP) is 2.54. The Hall–Kier alpha value is -2.97. The molecule has 0 saturated carbocycles. The van der Waals surface area contributed by atoms with Crippen LogP contribution in [0.4, 0.5) is 10.1 Å². The molecule has 3 heterocycles. The second kappa shape index (κ2) is 9.49. The molecule has 33 heavy (non-hydrogen) atoms. The summed E-state index contributed by atoms with van der Waals surface area (Å²) < 4.78 is 13.9. The van der Waals surface area contributed by atoms with Crippen molar-refractivity contribution in [3.05, 3.63) is 52.1 Å². The monoisotopic (exact) mass is 453 g/mol. The van der Waals surface area contributed by atoms with Gasteiger partial charge in [0.1, 0.15) is 5.82 Å². The van der Waals surface area contributed by atoms with Crippen LogP contribution in [0.1, 0.15) is 34.5 Å². The van der Waals surface area contributed by atoms with Crippen LogP contribution >= 0.6 is 0 Å². The van der Waals surface area contributed by atoms with Crippen LogP contribution in [0.25, 0.3) is 11.6 Å². The molecule has 1 aromatic carbocycles. The number of carbonyl (C=O) groups excluding carboxylic acids is 2. The summed E-state index contributed by atoms with van der Waals surface area (Å²) in [7, 11) is 3.91. The Kier molecular flexibility index (Phi) is 6.67. The number of nitrogens with one attached hydrogen (secondary N) is 2. The first-order valence-corrected chi connectivity index (χ1v) is 11.4. The number of benzene rings is 1. The lowest BCUT2D eigenvalue weighted by Crippen LogP contribution is -2.45. The fraction of sp³-hybridized carbons (Fsp3) is 0.440. The van der Waals surface area contributed by atoms with Crippen molar-refractivity contribution in [1.29, 1.82) is 0 Å². The number of rotatable bonds is 5. The molecule has 2 aromatic rings. The van der Waals surface area contributed by atoms with Gasteiger partial charge < -0.3 is 25.0 Å². The zero-order valence-corrected chi connectivity index (χ0v) is 19.8. The Bertz CT molecular complexity index is 1100. The molecule has 1 saturated heterocycles. The Morgan fingerprint density at radius 2 is 1.94 bits per heavy atom. The van der Waals surface area contributed by atoms with Crippen molar-refractivity contribution >= 4 is 29.2 Å². The molecule has 2 aliphatic heterocycles. The quantitative estimate of drug-likeness (QED) is 0.683. The summed E-state index contributed by atoms with van der Waals surface area (Å²) in [6.45, 7) is 9.00. The Labute approximate surface area is 194 Å². The number of fused-ring (bicyclic) bond motifs is 1. The maximum absolute atomic E-state index is 13.9. The first-order chi connectivity index (χ1) is 15.7. The average Bonchev–Trinajstić information content (AvgIpc) is 3.07. The Morgan fingerprint density at radius 3 is 2.67 bits per heavy atom. The van der Waals surface area contributed by atoms with Gasteiger partial charge in [-0.15, -0.1) is 0 Å². The summed E-state index contributed by atoms with van der Waals surface area (Å²) in [6.07, 6.45) is 2.21. The van der Waals surface area contributed by atoms with Crippen LogP contribution in [0.5, 0.6) is 0 Å². The van der Waals surface area contributed by atoms with Gasteiger partial charge in [0.05, 0.1) is 5.69 Å². The third-order valence-electron chi connectivity index (χ3n) is 6.72. The first-order valence-electron chi connectivity index (χ1n) is 11.4. The van der Waals surface area contributed by atoms with Gasteiger partial charge in [-0.25, -0.2) is 4.39 Å². The van der Waals surface area contributed by atoms with Gasteiger partial charge in [0.15, 0.2) is 0 Å². The van der Waals surface area contributed by atoms with Crippen molar-refractivity contribution in [3.63, 3.8) is 0 Å². The minimum absolute atomic E-state index is 0.0566. The summed E-state index contributed by atoms with van der Waals surface area (Å²) in [5, 5.41) is 2.84. The molecule has 0 unspecified atom stereocenters. The normalized spacial score (nSPS) is 18.3. The van der Waals surface area contributed by atoms with Gasteiger partial charge >= 0.3 is 0 Å². The van der Waals surface area contributed by atoms with Gasteiger partial charge in [0.2, 0.25) is 5.91 Å².